The van der Waals surface area contributed by atoms with Crippen molar-refractivity contribution in [3.63, 3.8) is 0 Å². The lowest BCUT2D eigenvalue weighted by molar-refractivity contribution is -0.144. The molecule has 7 nitrogen and oxygen atoms in total. The number of amides is 2. The van der Waals surface area contributed by atoms with Gasteiger partial charge in [-0.05, 0) is 29.5 Å². The molecular weight excluding hydrogens is 336 g/mol. The monoisotopic (exact) mass is 366 g/mol. The number of carbonyl (C=O) groups is 2. The summed E-state index contributed by atoms with van der Waals surface area (Å²) in [5.41, 5.74) is 0.476. The van der Waals surface area contributed by atoms with Gasteiger partial charge in [-0.1, -0.05) is 32.9 Å². The number of methoxy groups -OCH3 is 1. The summed E-state index contributed by atoms with van der Waals surface area (Å²) in [7, 11) is 1.61. The molecule has 0 aliphatic heterocycles. The molecule has 2 amide bonds. The van der Waals surface area contributed by atoms with E-state index in [1.54, 1.807) is 27.9 Å². The van der Waals surface area contributed by atoms with E-state index in [9.17, 15) is 14.7 Å². The SMILES string of the molecule is COc1ccc(CCN(CCO)C(=O)NCC(C)(C)[C@H](C)C(=O)O)cc1. The second kappa shape index (κ2) is 10.0. The van der Waals surface area contributed by atoms with E-state index in [2.05, 4.69) is 5.32 Å². The Hall–Kier alpha value is -2.28. The van der Waals surface area contributed by atoms with E-state index in [1.165, 1.54) is 4.90 Å². The lowest BCUT2D eigenvalue weighted by Gasteiger charge is -2.31. The molecule has 3 N–H and O–H groups in total. The molecule has 0 spiro atoms. The molecule has 1 aromatic rings. The van der Waals surface area contributed by atoms with Crippen LogP contribution in [0.4, 0.5) is 4.79 Å². The average Bonchev–Trinajstić information content (AvgIpc) is 2.62. The fraction of sp³-hybridized carbons (Fsp3) is 0.579. The number of aliphatic hydroxyl groups is 1. The van der Waals surface area contributed by atoms with Gasteiger partial charge in [-0.2, -0.15) is 0 Å². The normalized spacial score (nSPS) is 12.3. The van der Waals surface area contributed by atoms with Crippen molar-refractivity contribution in [2.75, 3.05) is 33.4 Å². The van der Waals surface area contributed by atoms with Gasteiger partial charge in [0.1, 0.15) is 5.75 Å². The van der Waals surface area contributed by atoms with Gasteiger partial charge in [0.2, 0.25) is 0 Å². The van der Waals surface area contributed by atoms with Crippen LogP contribution < -0.4 is 10.1 Å². The number of nitrogens with one attached hydrogen (secondary N) is 1. The number of rotatable bonds is 10. The maximum atomic E-state index is 12.4. The van der Waals surface area contributed by atoms with Crippen LogP contribution in [0.3, 0.4) is 0 Å². The number of hydrogen-bond donors (Lipinski definition) is 3. The fourth-order valence-electron chi connectivity index (χ4n) is 2.39. The van der Waals surface area contributed by atoms with Crippen molar-refractivity contribution in [1.29, 1.82) is 0 Å². The molecule has 146 valence electrons. The summed E-state index contributed by atoms with van der Waals surface area (Å²) in [5.74, 6) is -0.710. The average molecular weight is 366 g/mol. The Kier molecular flexibility index (Phi) is 8.38. The van der Waals surface area contributed by atoms with Gasteiger partial charge >= 0.3 is 12.0 Å². The van der Waals surface area contributed by atoms with E-state index in [-0.39, 0.29) is 25.7 Å². The molecule has 0 aliphatic rings. The summed E-state index contributed by atoms with van der Waals surface area (Å²) >= 11 is 0. The maximum Gasteiger partial charge on any atom is 0.317 e. The van der Waals surface area contributed by atoms with Crippen molar-refractivity contribution in [2.45, 2.75) is 27.2 Å². The molecule has 0 heterocycles. The van der Waals surface area contributed by atoms with E-state index in [0.717, 1.165) is 11.3 Å². The summed E-state index contributed by atoms with van der Waals surface area (Å²) in [6.07, 6.45) is 0.645. The maximum absolute atomic E-state index is 12.4. The first-order valence-electron chi connectivity index (χ1n) is 8.70. The van der Waals surface area contributed by atoms with Crippen molar-refractivity contribution >= 4 is 12.0 Å². The highest BCUT2D eigenvalue weighted by atomic mass is 16.5. The van der Waals surface area contributed by atoms with Gasteiger partial charge in [0.25, 0.3) is 0 Å². The highest BCUT2D eigenvalue weighted by Crippen LogP contribution is 2.25. The second-order valence-corrected chi connectivity index (χ2v) is 7.02. The zero-order valence-electron chi connectivity index (χ0n) is 16.0. The molecule has 0 saturated carbocycles. The Morgan fingerprint density at radius 1 is 1.23 bits per heavy atom. The first-order chi connectivity index (χ1) is 12.2. The Morgan fingerprint density at radius 3 is 2.35 bits per heavy atom. The molecule has 7 heteroatoms. The van der Waals surface area contributed by atoms with Crippen LogP contribution in [-0.4, -0.2) is 60.5 Å². The Labute approximate surface area is 155 Å². The van der Waals surface area contributed by atoms with E-state index < -0.39 is 17.3 Å². The van der Waals surface area contributed by atoms with E-state index >= 15 is 0 Å². The lowest BCUT2D eigenvalue weighted by atomic mass is 9.80. The van der Waals surface area contributed by atoms with Gasteiger partial charge in [0.05, 0.1) is 19.6 Å². The Bertz CT molecular complexity index is 586. The van der Waals surface area contributed by atoms with Crippen molar-refractivity contribution in [1.82, 2.24) is 10.2 Å². The molecule has 0 radical (unpaired) electrons. The minimum Gasteiger partial charge on any atom is -0.497 e. The van der Waals surface area contributed by atoms with E-state index in [4.69, 9.17) is 9.84 Å². The molecule has 0 bridgehead atoms. The van der Waals surface area contributed by atoms with Gasteiger partial charge in [0.15, 0.2) is 0 Å². The van der Waals surface area contributed by atoms with Gasteiger partial charge < -0.3 is 25.2 Å². The molecule has 1 atom stereocenters. The van der Waals surface area contributed by atoms with Crippen molar-refractivity contribution in [2.24, 2.45) is 11.3 Å². The molecule has 1 aromatic carbocycles. The second-order valence-electron chi connectivity index (χ2n) is 7.02. The predicted molar refractivity (Wildman–Crippen MR) is 99.3 cm³/mol. The number of carboxylic acid groups (broad SMARTS) is 1. The number of urea groups is 1. The summed E-state index contributed by atoms with van der Waals surface area (Å²) in [6, 6.07) is 7.29. The van der Waals surface area contributed by atoms with Crippen LogP contribution in [0.15, 0.2) is 24.3 Å². The van der Waals surface area contributed by atoms with Crippen molar-refractivity contribution in [3.05, 3.63) is 29.8 Å². The summed E-state index contributed by atoms with van der Waals surface area (Å²) in [4.78, 5) is 25.1. The van der Waals surface area contributed by atoms with Crippen molar-refractivity contribution < 1.29 is 24.5 Å². The quantitative estimate of drug-likeness (QED) is 0.588. The number of carboxylic acids is 1. The van der Waals surface area contributed by atoms with Gasteiger partial charge in [-0.25, -0.2) is 4.79 Å². The number of hydrogen-bond acceptors (Lipinski definition) is 4. The number of benzene rings is 1. The van der Waals surface area contributed by atoms with Crippen LogP contribution in [0.1, 0.15) is 26.3 Å². The Balaban J connectivity index is 2.61. The number of nitrogens with zero attached hydrogens (tertiary/aromatic N) is 1. The third kappa shape index (κ3) is 6.55. The van der Waals surface area contributed by atoms with Crippen molar-refractivity contribution in [3.8, 4) is 5.75 Å². The largest absolute Gasteiger partial charge is 0.497 e. The van der Waals surface area contributed by atoms with E-state index in [0.29, 0.717) is 13.0 Å². The number of aliphatic carboxylic acids is 1. The minimum atomic E-state index is -0.893. The Morgan fingerprint density at radius 2 is 1.85 bits per heavy atom. The smallest absolute Gasteiger partial charge is 0.317 e. The molecule has 0 unspecified atom stereocenters. The minimum absolute atomic E-state index is 0.134. The van der Waals surface area contributed by atoms with E-state index in [1.807, 2.05) is 24.3 Å². The molecule has 0 aromatic heterocycles. The third-order valence-electron chi connectivity index (χ3n) is 4.72. The molecule has 0 saturated heterocycles. The predicted octanol–water partition coefficient (Wildman–Crippen LogP) is 1.99. The highest BCUT2D eigenvalue weighted by molar-refractivity contribution is 5.74. The molecule has 0 aliphatic carbocycles. The van der Waals surface area contributed by atoms with Crippen LogP contribution in [0, 0.1) is 11.3 Å². The molecular formula is C19H30N2O5. The summed E-state index contributed by atoms with van der Waals surface area (Å²) in [6.45, 7) is 6.02. The standard InChI is InChI=1S/C19H30N2O5/c1-14(17(23)24)19(2,3)13-20-18(25)21(11-12-22)10-9-15-5-7-16(26-4)8-6-15/h5-8,14,22H,9-13H2,1-4H3,(H,20,25)(H,23,24)/t14-/m1/s1. The topological polar surface area (TPSA) is 99.1 Å². The van der Waals surface area contributed by atoms with Gasteiger partial charge in [-0.15, -0.1) is 0 Å². The number of carbonyl (C=O) groups excluding carboxylic acids is 1. The molecule has 0 fully saturated rings. The van der Waals surface area contributed by atoms with Crippen LogP contribution in [0.2, 0.25) is 0 Å². The third-order valence-corrected chi connectivity index (χ3v) is 4.72. The zero-order chi connectivity index (χ0) is 19.7. The molecule has 26 heavy (non-hydrogen) atoms. The van der Waals surface area contributed by atoms with Crippen LogP contribution >= 0.6 is 0 Å². The van der Waals surface area contributed by atoms with Crippen LogP contribution in [-0.2, 0) is 11.2 Å². The number of ether oxygens (including phenoxy) is 1. The highest BCUT2D eigenvalue weighted by Gasteiger charge is 2.32. The first kappa shape index (κ1) is 21.8. The summed E-state index contributed by atoms with van der Waals surface area (Å²) in [5, 5.41) is 21.2. The number of aliphatic hydroxyl groups excluding tert-OH is 1. The van der Waals surface area contributed by atoms with Gasteiger partial charge in [0, 0.05) is 19.6 Å². The fourth-order valence-corrected chi connectivity index (χ4v) is 2.39. The van der Waals surface area contributed by atoms with Crippen LogP contribution in [0.5, 0.6) is 5.75 Å². The molecule has 1 rings (SSSR count). The van der Waals surface area contributed by atoms with Crippen LogP contribution in [0.25, 0.3) is 0 Å². The zero-order valence-corrected chi connectivity index (χ0v) is 16.0. The summed E-state index contributed by atoms with van der Waals surface area (Å²) < 4.78 is 5.12. The first-order valence-corrected chi connectivity index (χ1v) is 8.70. The lowest BCUT2D eigenvalue weighted by Crippen LogP contribution is -2.47. The van der Waals surface area contributed by atoms with Gasteiger partial charge in [-0.3, -0.25) is 4.79 Å².